The lowest BCUT2D eigenvalue weighted by Gasteiger charge is -2.08. The molecule has 5 N–H and O–H groups in total. The van der Waals surface area contributed by atoms with E-state index in [1.807, 2.05) is 5.32 Å². The average molecular weight is 204 g/mol. The molecule has 0 amide bonds. The molecule has 6 nitrogen and oxygen atoms in total. The van der Waals surface area contributed by atoms with Crippen molar-refractivity contribution in [1.82, 2.24) is 0 Å². The Morgan fingerprint density at radius 2 is 1.93 bits per heavy atom. The normalized spacial score (nSPS) is 12.4. The molecular weight excluding hydrogens is 188 g/mol. The maximum atomic E-state index is 10.2. The van der Waals surface area contributed by atoms with Crippen LogP contribution in [0.1, 0.15) is 19.3 Å². The minimum Gasteiger partial charge on any atom is -0.550 e. The van der Waals surface area contributed by atoms with Crippen molar-refractivity contribution in [2.24, 2.45) is 0 Å². The minimum absolute atomic E-state index is 0.0221. The molecule has 14 heavy (non-hydrogen) atoms. The van der Waals surface area contributed by atoms with Crippen LogP contribution in [0, 0.1) is 0 Å². The van der Waals surface area contributed by atoms with Crippen LogP contribution >= 0.6 is 0 Å². The monoisotopic (exact) mass is 204 g/mol. The number of carboxylic acids is 2. The Kier molecular flexibility index (Phi) is 6.69. The third-order valence-electron chi connectivity index (χ3n) is 1.85. The van der Waals surface area contributed by atoms with Gasteiger partial charge in [-0.1, -0.05) is 0 Å². The second-order valence-electron chi connectivity index (χ2n) is 3.15. The lowest BCUT2D eigenvalue weighted by atomic mass is 10.2. The third kappa shape index (κ3) is 7.51. The number of carboxylic acid groups (broad SMARTS) is 2. The first kappa shape index (κ1) is 12.9. The maximum absolute atomic E-state index is 10.2. The van der Waals surface area contributed by atoms with Crippen LogP contribution in [0.25, 0.3) is 0 Å². The quantitative estimate of drug-likeness (QED) is 0.383. The van der Waals surface area contributed by atoms with Crippen LogP contribution in [0.5, 0.6) is 0 Å². The average Bonchev–Trinajstić information content (AvgIpc) is 2.09. The van der Waals surface area contributed by atoms with Crippen molar-refractivity contribution in [2.45, 2.75) is 25.3 Å². The summed E-state index contributed by atoms with van der Waals surface area (Å²) in [6, 6.07) is -0.676. The molecule has 0 fully saturated rings. The molecule has 0 bridgehead atoms. The molecule has 0 aliphatic carbocycles. The Morgan fingerprint density at radius 3 is 2.43 bits per heavy atom. The first-order valence-corrected chi connectivity index (χ1v) is 4.59. The summed E-state index contributed by atoms with van der Waals surface area (Å²) in [5, 5.41) is 22.1. The largest absolute Gasteiger partial charge is 0.550 e. The first-order chi connectivity index (χ1) is 6.54. The fourth-order valence-electron chi connectivity index (χ4n) is 0.991. The summed E-state index contributed by atoms with van der Waals surface area (Å²) in [6.45, 7) is 1.17. The van der Waals surface area contributed by atoms with Gasteiger partial charge in [0.15, 0.2) is 0 Å². The van der Waals surface area contributed by atoms with E-state index in [-0.39, 0.29) is 6.42 Å². The number of aliphatic carboxylic acids is 2. The van der Waals surface area contributed by atoms with Gasteiger partial charge in [0.05, 0.1) is 19.1 Å². The van der Waals surface area contributed by atoms with E-state index in [0.717, 1.165) is 0 Å². The lowest BCUT2D eigenvalue weighted by molar-refractivity contribution is -0.655. The van der Waals surface area contributed by atoms with Crippen LogP contribution in [0.4, 0.5) is 0 Å². The molecule has 6 heteroatoms. The molecule has 0 saturated heterocycles. The summed E-state index contributed by atoms with van der Waals surface area (Å²) in [7, 11) is 0. The zero-order valence-corrected chi connectivity index (χ0v) is 8.03. The van der Waals surface area contributed by atoms with E-state index in [2.05, 4.69) is 5.73 Å². The van der Waals surface area contributed by atoms with Crippen LogP contribution in [-0.2, 0) is 9.59 Å². The van der Waals surface area contributed by atoms with Crippen LogP contribution in [0.15, 0.2) is 0 Å². The van der Waals surface area contributed by atoms with Gasteiger partial charge in [0, 0.05) is 25.2 Å². The molecule has 0 heterocycles. The molecule has 0 aliphatic rings. The smallest absolute Gasteiger partial charge is 0.125 e. The highest BCUT2D eigenvalue weighted by Gasteiger charge is 2.06. The van der Waals surface area contributed by atoms with Gasteiger partial charge >= 0.3 is 0 Å². The second kappa shape index (κ2) is 7.28. The molecule has 0 spiro atoms. The summed E-state index contributed by atoms with van der Waals surface area (Å²) >= 11 is 0. The summed E-state index contributed by atoms with van der Waals surface area (Å²) in [5.74, 6) is -2.20. The Balaban J connectivity index is 3.21. The number of quaternary nitrogens is 2. The molecule has 0 saturated carbocycles. The molecule has 0 radical (unpaired) electrons. The van der Waals surface area contributed by atoms with Gasteiger partial charge in [-0.2, -0.15) is 0 Å². The van der Waals surface area contributed by atoms with Crippen LogP contribution in [0.3, 0.4) is 0 Å². The zero-order chi connectivity index (χ0) is 11.0. The van der Waals surface area contributed by atoms with Gasteiger partial charge in [-0.25, -0.2) is 0 Å². The molecular formula is C8H16N2O4. The van der Waals surface area contributed by atoms with Gasteiger partial charge in [-0.15, -0.1) is 0 Å². The van der Waals surface area contributed by atoms with Gasteiger partial charge in [0.2, 0.25) is 0 Å². The Bertz CT molecular complexity index is 196. The summed E-state index contributed by atoms with van der Waals surface area (Å²) in [5.41, 5.74) is 3.40. The molecule has 0 aromatic heterocycles. The number of nitrogens with two attached hydrogens (primary N) is 1. The number of hydrogen-bond donors (Lipinski definition) is 2. The van der Waals surface area contributed by atoms with Crippen molar-refractivity contribution in [3.8, 4) is 0 Å². The van der Waals surface area contributed by atoms with Gasteiger partial charge in [0.1, 0.15) is 6.04 Å². The predicted molar refractivity (Wildman–Crippen MR) is 42.2 cm³/mol. The van der Waals surface area contributed by atoms with E-state index in [1.54, 1.807) is 0 Å². The fraction of sp³-hybridized carbons (Fsp3) is 0.750. The molecule has 82 valence electrons. The maximum Gasteiger partial charge on any atom is 0.125 e. The highest BCUT2D eigenvalue weighted by Crippen LogP contribution is 1.87. The molecule has 0 aliphatic heterocycles. The van der Waals surface area contributed by atoms with Crippen molar-refractivity contribution >= 4 is 11.9 Å². The van der Waals surface area contributed by atoms with Crippen LogP contribution in [0.2, 0.25) is 0 Å². The van der Waals surface area contributed by atoms with E-state index in [0.29, 0.717) is 25.9 Å². The van der Waals surface area contributed by atoms with Crippen molar-refractivity contribution in [2.75, 3.05) is 13.1 Å². The SMILES string of the molecule is [NH3+][C@@H](CCC[NH2+]CCC(=O)[O-])C(=O)[O-]. The van der Waals surface area contributed by atoms with Crippen LogP contribution in [-0.4, -0.2) is 31.1 Å². The predicted octanol–water partition coefficient (Wildman–Crippen LogP) is -5.17. The first-order valence-electron chi connectivity index (χ1n) is 4.59. The van der Waals surface area contributed by atoms with Crippen molar-refractivity contribution < 1.29 is 30.9 Å². The van der Waals surface area contributed by atoms with Gasteiger partial charge in [-0.3, -0.25) is 0 Å². The topological polar surface area (TPSA) is 125 Å². The van der Waals surface area contributed by atoms with E-state index in [4.69, 9.17) is 0 Å². The van der Waals surface area contributed by atoms with Crippen molar-refractivity contribution in [3.05, 3.63) is 0 Å². The number of carbonyl (C=O) groups is 2. The van der Waals surface area contributed by atoms with Gasteiger partial charge in [0.25, 0.3) is 0 Å². The van der Waals surface area contributed by atoms with Crippen LogP contribution < -0.4 is 21.3 Å². The second-order valence-corrected chi connectivity index (χ2v) is 3.15. The number of hydrogen-bond acceptors (Lipinski definition) is 4. The summed E-state index contributed by atoms with van der Waals surface area (Å²) in [4.78, 5) is 20.2. The molecule has 0 unspecified atom stereocenters. The number of rotatable bonds is 8. The Labute approximate surface area is 82.1 Å². The van der Waals surface area contributed by atoms with E-state index in [9.17, 15) is 19.8 Å². The molecule has 0 aromatic rings. The molecule has 1 atom stereocenters. The summed E-state index contributed by atoms with van der Waals surface area (Å²) < 4.78 is 0. The zero-order valence-electron chi connectivity index (χ0n) is 8.03. The van der Waals surface area contributed by atoms with E-state index < -0.39 is 18.0 Å². The van der Waals surface area contributed by atoms with E-state index in [1.165, 1.54) is 0 Å². The minimum atomic E-state index is -1.14. The van der Waals surface area contributed by atoms with Gasteiger partial charge < -0.3 is 30.9 Å². The lowest BCUT2D eigenvalue weighted by Crippen LogP contribution is -2.85. The van der Waals surface area contributed by atoms with Crippen molar-refractivity contribution in [1.29, 1.82) is 0 Å². The fourth-order valence-corrected chi connectivity index (χ4v) is 0.991. The van der Waals surface area contributed by atoms with Crippen molar-refractivity contribution in [3.63, 3.8) is 0 Å². The number of carbonyl (C=O) groups excluding carboxylic acids is 2. The Hall–Kier alpha value is -1.14. The van der Waals surface area contributed by atoms with Gasteiger partial charge in [-0.05, 0) is 0 Å². The third-order valence-corrected chi connectivity index (χ3v) is 1.85. The summed E-state index contributed by atoms with van der Waals surface area (Å²) in [6.07, 6.45) is 1.17. The standard InChI is InChI=1S/C8H16N2O4/c9-6(8(13)14)2-1-4-10-5-3-7(11)12/h6,10H,1-5,9H2,(H,11,12)(H,13,14)/t6-/m0/s1. The van der Waals surface area contributed by atoms with E-state index >= 15 is 0 Å². The Morgan fingerprint density at radius 1 is 1.29 bits per heavy atom. The highest BCUT2D eigenvalue weighted by molar-refractivity contribution is 5.68. The molecule has 0 aromatic carbocycles. The highest BCUT2D eigenvalue weighted by atomic mass is 16.4. The molecule has 0 rings (SSSR count).